The molecule has 86 valence electrons. The first-order valence-corrected chi connectivity index (χ1v) is 4.64. The maximum Gasteiger partial charge on any atom is 0.145 e. The van der Waals surface area contributed by atoms with Crippen LogP contribution in [0.25, 0.3) is 5.69 Å². The summed E-state index contributed by atoms with van der Waals surface area (Å²) in [7, 11) is 0. The van der Waals surface area contributed by atoms with Crippen LogP contribution >= 0.6 is 24.0 Å². The van der Waals surface area contributed by atoms with Crippen molar-refractivity contribution >= 4 is 24.0 Å². The van der Waals surface area contributed by atoms with Crippen molar-refractivity contribution < 1.29 is 4.39 Å². The van der Waals surface area contributed by atoms with Gasteiger partial charge in [0.1, 0.15) is 18.0 Å². The molecule has 0 saturated heterocycles. The summed E-state index contributed by atoms with van der Waals surface area (Å²) < 4.78 is 14.7. The summed E-state index contributed by atoms with van der Waals surface area (Å²) in [5.41, 5.74) is 6.01. The number of rotatable bonds is 2. The molecule has 0 unspecified atom stereocenters. The number of nitrogens with two attached hydrogens (primary N) is 1. The summed E-state index contributed by atoms with van der Waals surface area (Å²) in [6, 6.07) is 4.41. The van der Waals surface area contributed by atoms with Gasteiger partial charge in [-0.05, 0) is 12.1 Å². The van der Waals surface area contributed by atoms with Gasteiger partial charge in [-0.1, -0.05) is 11.6 Å². The van der Waals surface area contributed by atoms with Crippen molar-refractivity contribution in [2.24, 2.45) is 5.73 Å². The van der Waals surface area contributed by atoms with E-state index in [2.05, 4.69) is 10.1 Å². The molecule has 7 heteroatoms. The molecule has 1 aromatic heterocycles. The molecule has 0 bridgehead atoms. The number of benzene rings is 1. The Morgan fingerprint density at radius 1 is 1.44 bits per heavy atom. The first-order valence-electron chi connectivity index (χ1n) is 4.27. The van der Waals surface area contributed by atoms with Crippen LogP contribution in [0.5, 0.6) is 0 Å². The predicted octanol–water partition coefficient (Wildman–Crippen LogP) is 1.94. The lowest BCUT2D eigenvalue weighted by Crippen LogP contribution is -2.08. The van der Waals surface area contributed by atoms with Gasteiger partial charge in [-0.3, -0.25) is 0 Å². The normalized spacial score (nSPS) is 9.94. The number of halogens is 3. The molecule has 2 rings (SSSR count). The second kappa shape index (κ2) is 5.25. The Bertz CT molecular complexity index is 486. The van der Waals surface area contributed by atoms with Crippen molar-refractivity contribution in [1.82, 2.24) is 14.8 Å². The largest absolute Gasteiger partial charge is 0.324 e. The number of aromatic nitrogens is 3. The minimum absolute atomic E-state index is 0. The van der Waals surface area contributed by atoms with Crippen molar-refractivity contribution in [3.05, 3.63) is 41.2 Å². The Hall–Kier alpha value is -1.17. The zero-order valence-corrected chi connectivity index (χ0v) is 9.67. The van der Waals surface area contributed by atoms with Crippen LogP contribution in [-0.4, -0.2) is 14.8 Å². The summed E-state index contributed by atoms with van der Waals surface area (Å²) >= 11 is 5.57. The molecule has 0 radical (unpaired) electrons. The summed E-state index contributed by atoms with van der Waals surface area (Å²) in [4.78, 5) is 3.93. The van der Waals surface area contributed by atoms with Gasteiger partial charge in [-0.15, -0.1) is 12.4 Å². The van der Waals surface area contributed by atoms with E-state index in [0.29, 0.717) is 11.5 Å². The van der Waals surface area contributed by atoms with E-state index in [1.54, 1.807) is 6.07 Å². The van der Waals surface area contributed by atoms with Crippen LogP contribution < -0.4 is 5.73 Å². The fourth-order valence-electron chi connectivity index (χ4n) is 1.24. The quantitative estimate of drug-likeness (QED) is 0.900. The summed E-state index contributed by atoms with van der Waals surface area (Å²) in [6.07, 6.45) is 1.37. The Labute approximate surface area is 103 Å². The second-order valence-corrected chi connectivity index (χ2v) is 3.30. The van der Waals surface area contributed by atoms with Gasteiger partial charge < -0.3 is 5.73 Å². The molecule has 0 aliphatic rings. The van der Waals surface area contributed by atoms with Crippen LogP contribution in [0, 0.1) is 5.82 Å². The summed E-state index contributed by atoms with van der Waals surface area (Å²) in [5.74, 6) is 0.0735. The van der Waals surface area contributed by atoms with Crippen molar-refractivity contribution in [1.29, 1.82) is 0 Å². The molecule has 2 N–H and O–H groups in total. The van der Waals surface area contributed by atoms with Gasteiger partial charge in [-0.2, -0.15) is 5.10 Å². The van der Waals surface area contributed by atoms with E-state index in [9.17, 15) is 4.39 Å². The van der Waals surface area contributed by atoms with Crippen molar-refractivity contribution in [2.45, 2.75) is 6.54 Å². The Kier molecular flexibility index (Phi) is 4.23. The molecule has 0 amide bonds. The summed E-state index contributed by atoms with van der Waals surface area (Å²) in [6.45, 7) is 0.240. The van der Waals surface area contributed by atoms with E-state index in [-0.39, 0.29) is 24.0 Å². The number of hydrogen-bond acceptors (Lipinski definition) is 3. The standard InChI is InChI=1S/C9H8ClFN4.ClH/c10-7-2-1-6(3-8(7)11)15-9(4-12)13-5-14-15;/h1-3,5H,4,12H2;1H. The maximum atomic E-state index is 13.2. The highest BCUT2D eigenvalue weighted by Gasteiger charge is 2.07. The van der Waals surface area contributed by atoms with Crippen LogP contribution in [0.2, 0.25) is 5.02 Å². The minimum atomic E-state index is -0.493. The molecule has 0 atom stereocenters. The van der Waals surface area contributed by atoms with E-state index in [0.717, 1.165) is 0 Å². The first kappa shape index (κ1) is 12.9. The van der Waals surface area contributed by atoms with Gasteiger partial charge in [0.15, 0.2) is 0 Å². The maximum absolute atomic E-state index is 13.2. The molecule has 1 aromatic carbocycles. The van der Waals surface area contributed by atoms with E-state index < -0.39 is 5.82 Å². The van der Waals surface area contributed by atoms with E-state index in [1.165, 1.54) is 23.1 Å². The average molecular weight is 263 g/mol. The van der Waals surface area contributed by atoms with Crippen LogP contribution in [0.1, 0.15) is 5.82 Å². The van der Waals surface area contributed by atoms with E-state index in [1.807, 2.05) is 0 Å². The number of hydrogen-bond donors (Lipinski definition) is 1. The van der Waals surface area contributed by atoms with Crippen molar-refractivity contribution in [2.75, 3.05) is 0 Å². The Balaban J connectivity index is 0.00000128. The van der Waals surface area contributed by atoms with E-state index in [4.69, 9.17) is 17.3 Å². The molecule has 4 nitrogen and oxygen atoms in total. The van der Waals surface area contributed by atoms with Crippen LogP contribution in [0.15, 0.2) is 24.5 Å². The highest BCUT2D eigenvalue weighted by atomic mass is 35.5. The zero-order valence-electron chi connectivity index (χ0n) is 8.10. The SMILES string of the molecule is Cl.NCc1ncnn1-c1ccc(Cl)c(F)c1. The van der Waals surface area contributed by atoms with Gasteiger partial charge in [0.25, 0.3) is 0 Å². The van der Waals surface area contributed by atoms with E-state index >= 15 is 0 Å². The third-order valence-electron chi connectivity index (χ3n) is 1.95. The molecular formula is C9H9Cl2FN4. The second-order valence-electron chi connectivity index (χ2n) is 2.89. The highest BCUT2D eigenvalue weighted by molar-refractivity contribution is 6.30. The molecule has 0 aliphatic heterocycles. The Morgan fingerprint density at radius 2 is 2.19 bits per heavy atom. The van der Waals surface area contributed by atoms with Gasteiger partial charge in [-0.25, -0.2) is 14.1 Å². The monoisotopic (exact) mass is 262 g/mol. The molecule has 0 saturated carbocycles. The molecule has 0 aliphatic carbocycles. The van der Waals surface area contributed by atoms with Crippen molar-refractivity contribution in [3.8, 4) is 5.69 Å². The van der Waals surface area contributed by atoms with Gasteiger partial charge in [0.2, 0.25) is 0 Å². The smallest absolute Gasteiger partial charge is 0.145 e. The average Bonchev–Trinajstić information content (AvgIpc) is 2.70. The predicted molar refractivity (Wildman–Crippen MR) is 61.5 cm³/mol. The fourth-order valence-corrected chi connectivity index (χ4v) is 1.35. The molecule has 0 spiro atoms. The minimum Gasteiger partial charge on any atom is -0.324 e. The lowest BCUT2D eigenvalue weighted by molar-refractivity contribution is 0.625. The van der Waals surface area contributed by atoms with Gasteiger partial charge >= 0.3 is 0 Å². The lowest BCUT2D eigenvalue weighted by atomic mass is 10.3. The van der Waals surface area contributed by atoms with Crippen LogP contribution in [-0.2, 0) is 6.54 Å². The first-order chi connectivity index (χ1) is 7.22. The van der Waals surface area contributed by atoms with Crippen LogP contribution in [0.4, 0.5) is 4.39 Å². The van der Waals surface area contributed by atoms with Gasteiger partial charge in [0.05, 0.1) is 17.3 Å². The number of nitrogens with zero attached hydrogens (tertiary/aromatic N) is 3. The van der Waals surface area contributed by atoms with Gasteiger partial charge in [0, 0.05) is 6.07 Å². The van der Waals surface area contributed by atoms with Crippen molar-refractivity contribution in [3.63, 3.8) is 0 Å². The zero-order chi connectivity index (χ0) is 10.8. The molecule has 2 aromatic rings. The Morgan fingerprint density at radius 3 is 2.81 bits per heavy atom. The fraction of sp³-hybridized carbons (Fsp3) is 0.111. The molecule has 16 heavy (non-hydrogen) atoms. The molecular weight excluding hydrogens is 254 g/mol. The van der Waals surface area contributed by atoms with Crippen LogP contribution in [0.3, 0.4) is 0 Å². The topological polar surface area (TPSA) is 56.7 Å². The molecule has 1 heterocycles. The highest BCUT2D eigenvalue weighted by Crippen LogP contribution is 2.18. The third kappa shape index (κ3) is 2.32. The third-order valence-corrected chi connectivity index (χ3v) is 2.26. The lowest BCUT2D eigenvalue weighted by Gasteiger charge is -2.04. The molecule has 0 fully saturated rings. The summed E-state index contributed by atoms with van der Waals surface area (Å²) in [5, 5.41) is 4.02.